The van der Waals surface area contributed by atoms with E-state index in [0.29, 0.717) is 25.3 Å². The molecule has 18 heavy (non-hydrogen) atoms. The topological polar surface area (TPSA) is 66.6 Å². The zero-order chi connectivity index (χ0) is 13.3. The molecule has 1 aromatic heterocycles. The lowest BCUT2D eigenvalue weighted by atomic mass is 9.91. The van der Waals surface area contributed by atoms with E-state index in [9.17, 15) is 9.90 Å². The van der Waals surface area contributed by atoms with Crippen LogP contribution in [0.1, 0.15) is 37.6 Å². The molecule has 0 saturated carbocycles. The molecule has 1 fully saturated rings. The molecular weight excluding hydrogens is 232 g/mol. The fourth-order valence-corrected chi connectivity index (χ4v) is 2.40. The van der Waals surface area contributed by atoms with Crippen molar-refractivity contribution in [2.75, 3.05) is 13.1 Å². The van der Waals surface area contributed by atoms with Crippen LogP contribution in [0, 0.1) is 12.8 Å². The van der Waals surface area contributed by atoms with Gasteiger partial charge in [0, 0.05) is 19.2 Å². The van der Waals surface area contributed by atoms with E-state index in [-0.39, 0.29) is 17.7 Å². The van der Waals surface area contributed by atoms with Crippen LogP contribution in [-0.2, 0) is 4.79 Å². The van der Waals surface area contributed by atoms with Crippen molar-refractivity contribution in [2.24, 2.45) is 5.92 Å². The summed E-state index contributed by atoms with van der Waals surface area (Å²) in [4.78, 5) is 14.2. The quantitative estimate of drug-likeness (QED) is 0.881. The minimum atomic E-state index is -0.391. The normalized spacial score (nSPS) is 21.6. The molecule has 0 aliphatic carbocycles. The van der Waals surface area contributed by atoms with Gasteiger partial charge in [-0.05, 0) is 19.3 Å². The highest BCUT2D eigenvalue weighted by Gasteiger charge is 2.34. The zero-order valence-electron chi connectivity index (χ0n) is 11.1. The predicted octanol–water partition coefficient (Wildman–Crippen LogP) is 1.32. The van der Waals surface area contributed by atoms with Gasteiger partial charge in [-0.1, -0.05) is 19.0 Å². The smallest absolute Gasteiger partial charge is 0.233 e. The van der Waals surface area contributed by atoms with E-state index in [2.05, 4.69) is 5.16 Å². The van der Waals surface area contributed by atoms with Gasteiger partial charge in [-0.2, -0.15) is 0 Å². The molecule has 100 valence electrons. The van der Waals surface area contributed by atoms with Crippen molar-refractivity contribution in [1.82, 2.24) is 10.1 Å². The Bertz CT molecular complexity index is 428. The average Bonchev–Trinajstić information content (AvgIpc) is 2.87. The Hall–Kier alpha value is -1.36. The van der Waals surface area contributed by atoms with Crippen molar-refractivity contribution in [2.45, 2.75) is 39.2 Å². The van der Waals surface area contributed by atoms with Crippen molar-refractivity contribution in [3.63, 3.8) is 0 Å². The molecule has 1 N–H and O–H groups in total. The van der Waals surface area contributed by atoms with Gasteiger partial charge in [-0.25, -0.2) is 0 Å². The Kier molecular flexibility index (Phi) is 3.71. The predicted molar refractivity (Wildman–Crippen MR) is 66.0 cm³/mol. The van der Waals surface area contributed by atoms with Crippen molar-refractivity contribution >= 4 is 5.91 Å². The maximum absolute atomic E-state index is 12.5. The maximum Gasteiger partial charge on any atom is 0.233 e. The molecule has 0 radical (unpaired) electrons. The number of carbonyl (C=O) groups is 1. The number of nitrogens with zero attached hydrogens (tertiary/aromatic N) is 2. The number of rotatable bonds is 3. The van der Waals surface area contributed by atoms with E-state index in [1.165, 1.54) is 0 Å². The molecule has 5 heteroatoms. The standard InChI is InChI=1S/C13H20N2O3/c1-8(2)12(11-6-9(3)14-18-11)13(17)15-5-4-10(16)7-15/h6,8,10,12,16H,4-5,7H2,1-3H3/t10-,12+/m1/s1. The first-order valence-corrected chi connectivity index (χ1v) is 6.39. The molecular formula is C13H20N2O3. The van der Waals surface area contributed by atoms with Gasteiger partial charge in [0.15, 0.2) is 0 Å². The number of aliphatic hydroxyl groups excluding tert-OH is 1. The molecule has 1 amide bonds. The molecule has 5 nitrogen and oxygen atoms in total. The average molecular weight is 252 g/mol. The lowest BCUT2D eigenvalue weighted by Crippen LogP contribution is -2.35. The first-order valence-electron chi connectivity index (χ1n) is 6.39. The van der Waals surface area contributed by atoms with Gasteiger partial charge in [0.05, 0.1) is 11.8 Å². The summed E-state index contributed by atoms with van der Waals surface area (Å²) < 4.78 is 5.24. The summed E-state index contributed by atoms with van der Waals surface area (Å²) in [6, 6.07) is 1.81. The molecule has 2 atom stereocenters. The number of hydrogen-bond acceptors (Lipinski definition) is 4. The maximum atomic E-state index is 12.5. The van der Waals surface area contributed by atoms with Crippen molar-refractivity contribution < 1.29 is 14.4 Å². The van der Waals surface area contributed by atoms with Crippen molar-refractivity contribution in [1.29, 1.82) is 0 Å². The van der Waals surface area contributed by atoms with E-state index in [4.69, 9.17) is 4.52 Å². The number of carbonyl (C=O) groups excluding carboxylic acids is 1. The number of aryl methyl sites for hydroxylation is 1. The number of aromatic nitrogens is 1. The molecule has 2 heterocycles. The Morgan fingerprint density at radius 1 is 1.61 bits per heavy atom. The summed E-state index contributed by atoms with van der Waals surface area (Å²) >= 11 is 0. The minimum absolute atomic E-state index is 0.0256. The first kappa shape index (κ1) is 13.1. The fourth-order valence-electron chi connectivity index (χ4n) is 2.40. The number of likely N-dealkylation sites (tertiary alicyclic amines) is 1. The lowest BCUT2D eigenvalue weighted by molar-refractivity contribution is -0.133. The van der Waals surface area contributed by atoms with Gasteiger partial charge < -0.3 is 14.5 Å². The molecule has 1 aromatic rings. The Balaban J connectivity index is 2.18. The van der Waals surface area contributed by atoms with Crippen LogP contribution in [0.4, 0.5) is 0 Å². The van der Waals surface area contributed by atoms with Crippen molar-refractivity contribution in [3.05, 3.63) is 17.5 Å². The van der Waals surface area contributed by atoms with Crippen LogP contribution in [0.25, 0.3) is 0 Å². The monoisotopic (exact) mass is 252 g/mol. The van der Waals surface area contributed by atoms with Gasteiger partial charge >= 0.3 is 0 Å². The third-order valence-corrected chi connectivity index (χ3v) is 3.36. The molecule has 0 unspecified atom stereocenters. The largest absolute Gasteiger partial charge is 0.391 e. The molecule has 0 spiro atoms. The zero-order valence-corrected chi connectivity index (χ0v) is 11.1. The van der Waals surface area contributed by atoms with Crippen LogP contribution in [0.5, 0.6) is 0 Å². The van der Waals surface area contributed by atoms with Crippen LogP contribution in [0.3, 0.4) is 0 Å². The SMILES string of the molecule is Cc1cc([C@@H](C(=O)N2CC[C@@H](O)C2)C(C)C)on1. The fraction of sp³-hybridized carbons (Fsp3) is 0.692. The highest BCUT2D eigenvalue weighted by Crippen LogP contribution is 2.28. The Labute approximate surface area is 107 Å². The molecule has 1 aliphatic heterocycles. The second-order valence-electron chi connectivity index (χ2n) is 5.32. The highest BCUT2D eigenvalue weighted by atomic mass is 16.5. The third-order valence-electron chi connectivity index (χ3n) is 3.36. The van der Waals surface area contributed by atoms with E-state index in [1.807, 2.05) is 26.8 Å². The third kappa shape index (κ3) is 2.56. The van der Waals surface area contributed by atoms with Gasteiger partial charge in [-0.3, -0.25) is 4.79 Å². The molecule has 2 rings (SSSR count). The summed E-state index contributed by atoms with van der Waals surface area (Å²) in [5.74, 6) is 0.477. The van der Waals surface area contributed by atoms with Crippen LogP contribution in [-0.4, -0.2) is 40.3 Å². The number of amides is 1. The van der Waals surface area contributed by atoms with Gasteiger partial charge in [0.2, 0.25) is 5.91 Å². The van der Waals surface area contributed by atoms with E-state index < -0.39 is 6.10 Å². The van der Waals surface area contributed by atoms with Crippen LogP contribution >= 0.6 is 0 Å². The summed E-state index contributed by atoms with van der Waals surface area (Å²) in [6.45, 7) is 6.87. The molecule has 0 aromatic carbocycles. The van der Waals surface area contributed by atoms with E-state index >= 15 is 0 Å². The lowest BCUT2D eigenvalue weighted by Gasteiger charge is -2.23. The first-order chi connectivity index (χ1) is 8.49. The van der Waals surface area contributed by atoms with Crippen molar-refractivity contribution in [3.8, 4) is 0 Å². The molecule has 1 aliphatic rings. The summed E-state index contributed by atoms with van der Waals surface area (Å²) in [7, 11) is 0. The molecule has 0 bridgehead atoms. The van der Waals surface area contributed by atoms with Crippen LogP contribution < -0.4 is 0 Å². The summed E-state index contributed by atoms with van der Waals surface area (Å²) in [6.07, 6.45) is 0.268. The Morgan fingerprint density at radius 3 is 2.78 bits per heavy atom. The Morgan fingerprint density at radius 2 is 2.33 bits per heavy atom. The van der Waals surface area contributed by atoms with Gasteiger partial charge in [0.1, 0.15) is 11.7 Å². The molecule has 1 saturated heterocycles. The summed E-state index contributed by atoms with van der Waals surface area (Å²) in [5, 5.41) is 13.4. The van der Waals surface area contributed by atoms with Gasteiger partial charge in [-0.15, -0.1) is 0 Å². The van der Waals surface area contributed by atoms with Gasteiger partial charge in [0.25, 0.3) is 0 Å². The minimum Gasteiger partial charge on any atom is -0.391 e. The number of hydrogen-bond donors (Lipinski definition) is 1. The highest BCUT2D eigenvalue weighted by molar-refractivity contribution is 5.83. The summed E-state index contributed by atoms with van der Waals surface area (Å²) in [5.41, 5.74) is 0.782. The van der Waals surface area contributed by atoms with E-state index in [0.717, 1.165) is 5.69 Å². The van der Waals surface area contributed by atoms with E-state index in [1.54, 1.807) is 4.90 Å². The van der Waals surface area contributed by atoms with Crippen LogP contribution in [0.15, 0.2) is 10.6 Å². The van der Waals surface area contributed by atoms with Crippen LogP contribution in [0.2, 0.25) is 0 Å². The number of β-amino-alcohol motifs (C(OH)–C–C–N with tert-alkyl or cyclic N) is 1. The second kappa shape index (κ2) is 5.10. The number of aliphatic hydroxyl groups is 1. The second-order valence-corrected chi connectivity index (χ2v) is 5.32.